The monoisotopic (exact) mass is 254 g/mol. The van der Waals surface area contributed by atoms with Gasteiger partial charge in [-0.1, -0.05) is 13.0 Å². The fraction of sp³-hybridized carbons (Fsp3) is 0.462. The van der Waals surface area contributed by atoms with Crippen molar-refractivity contribution in [3.8, 4) is 0 Å². The van der Waals surface area contributed by atoms with Gasteiger partial charge in [-0.15, -0.1) is 0 Å². The number of halogens is 2. The van der Waals surface area contributed by atoms with Crippen molar-refractivity contribution in [1.82, 2.24) is 5.32 Å². The molecule has 1 aliphatic carbocycles. The van der Waals surface area contributed by atoms with E-state index in [4.69, 9.17) is 0 Å². The molecule has 2 N–H and O–H groups in total. The standard InChI is InChI=1S/C13H16F2N2O/c1-8-5-9(6-8)16-7-12(18)17-13-10(14)3-2-4-11(13)15/h2-4,8-9,16H,5-7H2,1H3,(H,17,18). The van der Waals surface area contributed by atoms with Gasteiger partial charge < -0.3 is 10.6 Å². The van der Waals surface area contributed by atoms with Crippen LogP contribution in [0.2, 0.25) is 0 Å². The number of hydrogen-bond acceptors (Lipinski definition) is 2. The molecule has 0 atom stereocenters. The third-order valence-electron chi connectivity index (χ3n) is 3.15. The summed E-state index contributed by atoms with van der Waals surface area (Å²) >= 11 is 0. The van der Waals surface area contributed by atoms with Gasteiger partial charge in [-0.2, -0.15) is 0 Å². The van der Waals surface area contributed by atoms with Crippen molar-refractivity contribution in [2.24, 2.45) is 5.92 Å². The largest absolute Gasteiger partial charge is 0.320 e. The molecule has 0 heterocycles. The van der Waals surface area contributed by atoms with E-state index in [1.807, 2.05) is 0 Å². The lowest BCUT2D eigenvalue weighted by atomic mass is 9.82. The highest BCUT2D eigenvalue weighted by Gasteiger charge is 2.25. The molecule has 0 aliphatic heterocycles. The quantitative estimate of drug-likeness (QED) is 0.865. The van der Waals surface area contributed by atoms with Crippen molar-refractivity contribution in [1.29, 1.82) is 0 Å². The van der Waals surface area contributed by atoms with E-state index in [0.29, 0.717) is 12.0 Å². The number of carbonyl (C=O) groups excluding carboxylic acids is 1. The fourth-order valence-electron chi connectivity index (χ4n) is 2.11. The van der Waals surface area contributed by atoms with E-state index >= 15 is 0 Å². The molecule has 0 bridgehead atoms. The smallest absolute Gasteiger partial charge is 0.238 e. The van der Waals surface area contributed by atoms with Gasteiger partial charge in [0.15, 0.2) is 0 Å². The van der Waals surface area contributed by atoms with Crippen LogP contribution in [-0.2, 0) is 4.79 Å². The van der Waals surface area contributed by atoms with Gasteiger partial charge in [0.25, 0.3) is 0 Å². The van der Waals surface area contributed by atoms with Gasteiger partial charge in [0, 0.05) is 6.04 Å². The molecule has 1 fully saturated rings. The molecule has 1 aliphatic rings. The summed E-state index contributed by atoms with van der Waals surface area (Å²) in [5, 5.41) is 5.29. The molecular weight excluding hydrogens is 238 g/mol. The lowest BCUT2D eigenvalue weighted by molar-refractivity contribution is -0.115. The third-order valence-corrected chi connectivity index (χ3v) is 3.15. The maximum absolute atomic E-state index is 13.3. The molecule has 0 spiro atoms. The Morgan fingerprint density at radius 3 is 2.50 bits per heavy atom. The van der Waals surface area contributed by atoms with Crippen LogP contribution in [0.5, 0.6) is 0 Å². The molecule has 0 aromatic heterocycles. The molecule has 1 saturated carbocycles. The summed E-state index contributed by atoms with van der Waals surface area (Å²) < 4.78 is 26.5. The lowest BCUT2D eigenvalue weighted by Crippen LogP contribution is -2.43. The van der Waals surface area contributed by atoms with E-state index in [9.17, 15) is 13.6 Å². The minimum absolute atomic E-state index is 0.0746. The van der Waals surface area contributed by atoms with E-state index < -0.39 is 17.5 Å². The number of amides is 1. The van der Waals surface area contributed by atoms with Gasteiger partial charge in [0.1, 0.15) is 17.3 Å². The maximum Gasteiger partial charge on any atom is 0.238 e. The summed E-state index contributed by atoms with van der Waals surface area (Å²) in [5.74, 6) is -1.27. The van der Waals surface area contributed by atoms with Gasteiger partial charge >= 0.3 is 0 Å². The summed E-state index contributed by atoms with van der Waals surface area (Å²) in [6.07, 6.45) is 2.09. The molecule has 0 saturated heterocycles. The average Bonchev–Trinajstić information content (AvgIpc) is 2.28. The number of rotatable bonds is 4. The third kappa shape index (κ3) is 3.04. The van der Waals surface area contributed by atoms with Crippen LogP contribution in [-0.4, -0.2) is 18.5 Å². The van der Waals surface area contributed by atoms with Gasteiger partial charge in [-0.3, -0.25) is 4.79 Å². The van der Waals surface area contributed by atoms with E-state index in [2.05, 4.69) is 17.6 Å². The zero-order chi connectivity index (χ0) is 13.1. The summed E-state index contributed by atoms with van der Waals surface area (Å²) in [4.78, 5) is 11.5. The van der Waals surface area contributed by atoms with Gasteiger partial charge in [-0.25, -0.2) is 8.78 Å². The number of anilines is 1. The Kier molecular flexibility index (Phi) is 3.91. The van der Waals surface area contributed by atoms with Crippen molar-refractivity contribution < 1.29 is 13.6 Å². The minimum atomic E-state index is -0.763. The summed E-state index contributed by atoms with van der Waals surface area (Å²) in [5.41, 5.74) is -0.383. The van der Waals surface area contributed by atoms with E-state index in [1.54, 1.807) is 0 Å². The molecule has 18 heavy (non-hydrogen) atoms. The Bertz CT molecular complexity index is 424. The van der Waals surface area contributed by atoms with Crippen molar-refractivity contribution in [3.63, 3.8) is 0 Å². The second kappa shape index (κ2) is 5.44. The number of benzene rings is 1. The minimum Gasteiger partial charge on any atom is -0.320 e. The summed E-state index contributed by atoms with van der Waals surface area (Å²) in [7, 11) is 0. The highest BCUT2D eigenvalue weighted by atomic mass is 19.1. The normalized spacial score (nSPS) is 22.4. The molecule has 3 nitrogen and oxygen atoms in total. The van der Waals surface area contributed by atoms with Crippen molar-refractivity contribution in [2.45, 2.75) is 25.8 Å². The topological polar surface area (TPSA) is 41.1 Å². The molecule has 0 unspecified atom stereocenters. The Balaban J connectivity index is 1.83. The molecule has 5 heteroatoms. The molecule has 1 aromatic carbocycles. The summed E-state index contributed by atoms with van der Waals surface area (Å²) in [6.45, 7) is 2.22. The number of para-hydroxylation sites is 1. The first-order valence-electron chi connectivity index (χ1n) is 6.03. The number of nitrogens with one attached hydrogen (secondary N) is 2. The lowest BCUT2D eigenvalue weighted by Gasteiger charge is -2.33. The molecular formula is C13H16F2N2O. The highest BCUT2D eigenvalue weighted by molar-refractivity contribution is 5.92. The molecule has 2 rings (SSSR count). The predicted octanol–water partition coefficient (Wildman–Crippen LogP) is 2.29. The van der Waals surface area contributed by atoms with Crippen LogP contribution < -0.4 is 10.6 Å². The highest BCUT2D eigenvalue weighted by Crippen LogP contribution is 2.26. The molecule has 1 amide bonds. The molecule has 0 radical (unpaired) electrons. The molecule has 1 aromatic rings. The number of carbonyl (C=O) groups is 1. The maximum atomic E-state index is 13.3. The van der Waals surface area contributed by atoms with Crippen LogP contribution in [0.1, 0.15) is 19.8 Å². The zero-order valence-electron chi connectivity index (χ0n) is 10.2. The second-order valence-electron chi connectivity index (χ2n) is 4.80. The van der Waals surface area contributed by atoms with Crippen LogP contribution in [0.15, 0.2) is 18.2 Å². The first-order valence-corrected chi connectivity index (χ1v) is 6.03. The van der Waals surface area contributed by atoms with Crippen LogP contribution in [0.25, 0.3) is 0 Å². The van der Waals surface area contributed by atoms with Gasteiger partial charge in [-0.05, 0) is 30.9 Å². The average molecular weight is 254 g/mol. The van der Waals surface area contributed by atoms with Crippen LogP contribution in [0.3, 0.4) is 0 Å². The van der Waals surface area contributed by atoms with E-state index in [0.717, 1.165) is 25.0 Å². The Labute approximate surface area is 105 Å². The zero-order valence-corrected chi connectivity index (χ0v) is 10.2. The first-order chi connectivity index (χ1) is 8.56. The van der Waals surface area contributed by atoms with Crippen LogP contribution in [0.4, 0.5) is 14.5 Å². The van der Waals surface area contributed by atoms with E-state index in [-0.39, 0.29) is 12.2 Å². The van der Waals surface area contributed by atoms with Gasteiger partial charge in [0.2, 0.25) is 5.91 Å². The van der Waals surface area contributed by atoms with Crippen LogP contribution in [0, 0.1) is 17.6 Å². The SMILES string of the molecule is CC1CC(NCC(=O)Nc2c(F)cccc2F)C1. The van der Waals surface area contributed by atoms with Crippen LogP contribution >= 0.6 is 0 Å². The Hall–Kier alpha value is -1.49. The summed E-state index contributed by atoms with van der Waals surface area (Å²) in [6, 6.07) is 3.82. The Morgan fingerprint density at radius 1 is 1.33 bits per heavy atom. The van der Waals surface area contributed by atoms with Crippen molar-refractivity contribution in [2.75, 3.05) is 11.9 Å². The fourth-order valence-corrected chi connectivity index (χ4v) is 2.11. The Morgan fingerprint density at radius 2 is 1.94 bits per heavy atom. The van der Waals surface area contributed by atoms with E-state index in [1.165, 1.54) is 6.07 Å². The van der Waals surface area contributed by atoms with Gasteiger partial charge in [0.05, 0.1) is 6.54 Å². The number of hydrogen-bond donors (Lipinski definition) is 2. The predicted molar refractivity (Wildman–Crippen MR) is 65.2 cm³/mol. The van der Waals surface area contributed by atoms with Crippen molar-refractivity contribution in [3.05, 3.63) is 29.8 Å². The molecule has 98 valence electrons. The first kappa shape index (κ1) is 13.0. The van der Waals surface area contributed by atoms with Crippen molar-refractivity contribution >= 4 is 11.6 Å². The second-order valence-corrected chi connectivity index (χ2v) is 4.80.